The lowest BCUT2D eigenvalue weighted by Gasteiger charge is -2.28. The Kier molecular flexibility index (Phi) is 6.63. The zero-order valence-electron chi connectivity index (χ0n) is 14.4. The third-order valence-corrected chi connectivity index (χ3v) is 4.49. The molecule has 6 heteroatoms. The molecule has 1 aliphatic rings. The van der Waals surface area contributed by atoms with Crippen molar-refractivity contribution >= 4 is 17.4 Å². The smallest absolute Gasteiger partial charge is 0.193 e. The summed E-state index contributed by atoms with van der Waals surface area (Å²) in [4.78, 5) is 14.6. The summed E-state index contributed by atoms with van der Waals surface area (Å²) in [5.74, 6) is 0.555. The van der Waals surface area contributed by atoms with Gasteiger partial charge in [0.05, 0.1) is 13.2 Å². The van der Waals surface area contributed by atoms with E-state index in [-0.39, 0.29) is 12.4 Å². The van der Waals surface area contributed by atoms with E-state index < -0.39 is 6.10 Å². The number of hydrogen-bond donors (Lipinski definition) is 1. The van der Waals surface area contributed by atoms with Gasteiger partial charge in [-0.1, -0.05) is 11.6 Å². The Morgan fingerprint density at radius 3 is 2.27 bits per heavy atom. The molecule has 2 aromatic rings. The Balaban J connectivity index is 1.50. The van der Waals surface area contributed by atoms with Crippen molar-refractivity contribution in [1.82, 2.24) is 4.90 Å². The van der Waals surface area contributed by atoms with E-state index >= 15 is 0 Å². The van der Waals surface area contributed by atoms with Gasteiger partial charge in [-0.15, -0.1) is 0 Å². The van der Waals surface area contributed by atoms with Crippen LogP contribution in [0.4, 0.5) is 0 Å². The second-order valence-corrected chi connectivity index (χ2v) is 6.67. The summed E-state index contributed by atoms with van der Waals surface area (Å²) in [6.07, 6.45) is -0.566. The number of ether oxygens (including phenoxy) is 2. The van der Waals surface area contributed by atoms with Crippen LogP contribution in [0.1, 0.15) is 15.9 Å². The van der Waals surface area contributed by atoms with Crippen molar-refractivity contribution in [2.75, 3.05) is 39.5 Å². The Labute approximate surface area is 158 Å². The first kappa shape index (κ1) is 18.9. The minimum atomic E-state index is -0.566. The second kappa shape index (κ2) is 9.14. The minimum Gasteiger partial charge on any atom is -0.491 e. The number of hydrogen-bond acceptors (Lipinski definition) is 5. The highest BCUT2D eigenvalue weighted by Gasteiger charge is 2.15. The van der Waals surface area contributed by atoms with Crippen LogP contribution in [0.3, 0.4) is 0 Å². The maximum absolute atomic E-state index is 12.4. The lowest BCUT2D eigenvalue weighted by Crippen LogP contribution is -2.42. The standard InChI is InChI=1S/C20H22ClNO4/c21-17-5-1-15(2-6-17)20(24)16-3-7-19(8-4-16)26-14-18(23)13-22-9-11-25-12-10-22/h1-8,18,23H,9-14H2/t18-/m0/s1. The van der Waals surface area contributed by atoms with Crippen LogP contribution >= 0.6 is 11.6 Å². The Hall–Kier alpha value is -1.92. The monoisotopic (exact) mass is 375 g/mol. The highest BCUT2D eigenvalue weighted by Crippen LogP contribution is 2.17. The summed E-state index contributed by atoms with van der Waals surface area (Å²) in [5, 5.41) is 10.7. The van der Waals surface area contributed by atoms with Gasteiger partial charge in [0.2, 0.25) is 0 Å². The van der Waals surface area contributed by atoms with E-state index in [1.807, 2.05) is 0 Å². The third-order valence-electron chi connectivity index (χ3n) is 4.24. The number of rotatable bonds is 7. The van der Waals surface area contributed by atoms with E-state index in [4.69, 9.17) is 21.1 Å². The number of benzene rings is 2. The zero-order chi connectivity index (χ0) is 18.4. The van der Waals surface area contributed by atoms with Crippen molar-refractivity contribution in [1.29, 1.82) is 0 Å². The van der Waals surface area contributed by atoms with Gasteiger partial charge in [0, 0.05) is 35.8 Å². The summed E-state index contributed by atoms with van der Waals surface area (Å²) in [6.45, 7) is 3.85. The summed E-state index contributed by atoms with van der Waals surface area (Å²) in [5.41, 5.74) is 1.16. The molecule has 1 aliphatic heterocycles. The highest BCUT2D eigenvalue weighted by atomic mass is 35.5. The van der Waals surface area contributed by atoms with Crippen molar-refractivity contribution in [2.45, 2.75) is 6.10 Å². The summed E-state index contributed by atoms with van der Waals surface area (Å²) < 4.78 is 10.9. The molecule has 0 bridgehead atoms. The van der Waals surface area contributed by atoms with Gasteiger partial charge in [0.25, 0.3) is 0 Å². The van der Waals surface area contributed by atoms with E-state index in [9.17, 15) is 9.90 Å². The number of aliphatic hydroxyl groups excluding tert-OH is 1. The second-order valence-electron chi connectivity index (χ2n) is 6.24. The maximum Gasteiger partial charge on any atom is 0.193 e. The number of aliphatic hydroxyl groups is 1. The predicted molar refractivity (Wildman–Crippen MR) is 100 cm³/mol. The number of halogens is 1. The topological polar surface area (TPSA) is 59.0 Å². The molecular formula is C20H22ClNO4. The molecule has 0 amide bonds. The number of ketones is 1. The lowest BCUT2D eigenvalue weighted by atomic mass is 10.0. The Morgan fingerprint density at radius 1 is 1.08 bits per heavy atom. The zero-order valence-corrected chi connectivity index (χ0v) is 15.2. The molecule has 1 fully saturated rings. The number of nitrogens with zero attached hydrogens (tertiary/aromatic N) is 1. The largest absolute Gasteiger partial charge is 0.491 e. The SMILES string of the molecule is O=C(c1ccc(Cl)cc1)c1ccc(OC[C@@H](O)CN2CCOCC2)cc1. The normalized spacial score (nSPS) is 16.2. The first-order valence-electron chi connectivity index (χ1n) is 8.63. The van der Waals surface area contributed by atoms with Crippen LogP contribution in [0.5, 0.6) is 5.75 Å². The number of carbonyl (C=O) groups excluding carboxylic acids is 1. The number of β-amino-alcohol motifs (C(OH)–C–C–N with tert-alkyl or cyclic N) is 1. The molecule has 138 valence electrons. The van der Waals surface area contributed by atoms with Gasteiger partial charge in [-0.3, -0.25) is 9.69 Å². The predicted octanol–water partition coefficient (Wildman–Crippen LogP) is 2.64. The number of carbonyl (C=O) groups is 1. The van der Waals surface area contributed by atoms with Crippen LogP contribution in [0.25, 0.3) is 0 Å². The van der Waals surface area contributed by atoms with Crippen molar-refractivity contribution in [3.8, 4) is 5.75 Å². The van der Waals surface area contributed by atoms with Crippen LogP contribution in [0.2, 0.25) is 5.02 Å². The molecule has 1 N–H and O–H groups in total. The van der Waals surface area contributed by atoms with Crippen LogP contribution in [-0.2, 0) is 4.74 Å². The quantitative estimate of drug-likeness (QED) is 0.754. The van der Waals surface area contributed by atoms with E-state index in [1.54, 1.807) is 48.5 Å². The van der Waals surface area contributed by atoms with E-state index in [1.165, 1.54) is 0 Å². The molecule has 3 rings (SSSR count). The molecule has 26 heavy (non-hydrogen) atoms. The molecule has 1 saturated heterocycles. The summed E-state index contributed by atoms with van der Waals surface area (Å²) >= 11 is 5.85. The average molecular weight is 376 g/mol. The van der Waals surface area contributed by atoms with Crippen LogP contribution in [0.15, 0.2) is 48.5 Å². The van der Waals surface area contributed by atoms with Crippen molar-refractivity contribution in [3.63, 3.8) is 0 Å². The first-order valence-corrected chi connectivity index (χ1v) is 9.01. The molecule has 5 nitrogen and oxygen atoms in total. The van der Waals surface area contributed by atoms with E-state index in [2.05, 4.69) is 4.90 Å². The molecule has 1 atom stereocenters. The summed E-state index contributed by atoms with van der Waals surface area (Å²) in [7, 11) is 0. The molecule has 2 aromatic carbocycles. The maximum atomic E-state index is 12.4. The van der Waals surface area contributed by atoms with E-state index in [0.717, 1.165) is 13.1 Å². The molecule has 0 aliphatic carbocycles. The fraction of sp³-hybridized carbons (Fsp3) is 0.350. The fourth-order valence-electron chi connectivity index (χ4n) is 2.80. The van der Waals surface area contributed by atoms with Crippen LogP contribution in [-0.4, -0.2) is 61.3 Å². The highest BCUT2D eigenvalue weighted by molar-refractivity contribution is 6.30. The third kappa shape index (κ3) is 5.29. The fourth-order valence-corrected chi connectivity index (χ4v) is 2.92. The summed E-state index contributed by atoms with van der Waals surface area (Å²) in [6, 6.07) is 13.7. The van der Waals surface area contributed by atoms with Gasteiger partial charge in [-0.05, 0) is 48.5 Å². The Bertz CT molecular complexity index is 712. The lowest BCUT2D eigenvalue weighted by molar-refractivity contribution is 0.00465. The average Bonchev–Trinajstić information content (AvgIpc) is 2.68. The molecule has 1 heterocycles. The molecule has 0 aromatic heterocycles. The molecule has 0 radical (unpaired) electrons. The number of morpholine rings is 1. The minimum absolute atomic E-state index is 0.0689. The molecule has 0 unspecified atom stereocenters. The van der Waals surface area contributed by atoms with Crippen LogP contribution in [0, 0.1) is 0 Å². The van der Waals surface area contributed by atoms with Gasteiger partial charge in [-0.25, -0.2) is 0 Å². The van der Waals surface area contributed by atoms with Crippen molar-refractivity contribution in [2.24, 2.45) is 0 Å². The Morgan fingerprint density at radius 2 is 1.65 bits per heavy atom. The van der Waals surface area contributed by atoms with Gasteiger partial charge < -0.3 is 14.6 Å². The van der Waals surface area contributed by atoms with Gasteiger partial charge in [0.15, 0.2) is 5.78 Å². The van der Waals surface area contributed by atoms with Gasteiger partial charge >= 0.3 is 0 Å². The van der Waals surface area contributed by atoms with Crippen molar-refractivity contribution in [3.05, 3.63) is 64.7 Å². The van der Waals surface area contributed by atoms with Gasteiger partial charge in [-0.2, -0.15) is 0 Å². The van der Waals surface area contributed by atoms with Crippen molar-refractivity contribution < 1.29 is 19.4 Å². The van der Waals surface area contributed by atoms with E-state index in [0.29, 0.717) is 41.7 Å². The molecular weight excluding hydrogens is 354 g/mol. The van der Waals surface area contributed by atoms with Gasteiger partial charge in [0.1, 0.15) is 18.5 Å². The molecule has 0 spiro atoms. The first-order chi connectivity index (χ1) is 12.6. The van der Waals surface area contributed by atoms with Crippen LogP contribution < -0.4 is 4.74 Å². The molecule has 0 saturated carbocycles.